The van der Waals surface area contributed by atoms with E-state index in [4.69, 9.17) is 14.2 Å². The summed E-state index contributed by atoms with van der Waals surface area (Å²) in [6, 6.07) is 0. The highest BCUT2D eigenvalue weighted by molar-refractivity contribution is 5.71. The van der Waals surface area contributed by atoms with Gasteiger partial charge < -0.3 is 14.2 Å². The van der Waals surface area contributed by atoms with Crippen LogP contribution < -0.4 is 0 Å². The molecule has 1 unspecified atom stereocenters. The number of carbonyl (C=O) groups excluding carboxylic acids is 3. The summed E-state index contributed by atoms with van der Waals surface area (Å²) in [6.07, 6.45) is 83.8. The lowest BCUT2D eigenvalue weighted by atomic mass is 10.0. The summed E-state index contributed by atoms with van der Waals surface area (Å²) in [4.78, 5) is 38.3. The van der Waals surface area contributed by atoms with Gasteiger partial charge >= 0.3 is 17.9 Å². The quantitative estimate of drug-likeness (QED) is 0.0261. The van der Waals surface area contributed by atoms with Crippen LogP contribution in [0.3, 0.4) is 0 Å². The van der Waals surface area contributed by atoms with Crippen molar-refractivity contribution in [2.75, 3.05) is 13.2 Å². The molecule has 0 aromatic carbocycles. The molecule has 0 spiro atoms. The molecule has 0 aliphatic heterocycles. The molecule has 0 N–H and O–H groups in total. The third-order valence-corrected chi connectivity index (χ3v) is 16.4. The Hall–Kier alpha value is -2.11. The molecule has 0 aliphatic rings. The number of esters is 3. The second-order valence-corrected chi connectivity index (χ2v) is 24.5. The first-order valence-corrected chi connectivity index (χ1v) is 35.8. The van der Waals surface area contributed by atoms with Crippen molar-refractivity contribution in [2.45, 2.75) is 412 Å². The van der Waals surface area contributed by atoms with E-state index >= 15 is 0 Å². The largest absolute Gasteiger partial charge is 0.462 e. The van der Waals surface area contributed by atoms with Crippen molar-refractivity contribution in [1.29, 1.82) is 0 Å². The van der Waals surface area contributed by atoms with E-state index in [0.717, 1.165) is 70.6 Å². The second kappa shape index (κ2) is 68.4. The zero-order valence-electron chi connectivity index (χ0n) is 53.7. The first-order chi connectivity index (χ1) is 39.0. The van der Waals surface area contributed by atoms with Crippen LogP contribution in [0.25, 0.3) is 0 Å². The number of carbonyl (C=O) groups is 3. The van der Waals surface area contributed by atoms with Crippen LogP contribution in [0, 0.1) is 0 Å². The molecular formula is C73H138O6. The van der Waals surface area contributed by atoms with E-state index in [1.54, 1.807) is 0 Å². The van der Waals surface area contributed by atoms with Crippen LogP contribution >= 0.6 is 0 Å². The van der Waals surface area contributed by atoms with E-state index in [1.807, 2.05) is 0 Å². The standard InChI is InChI=1S/C73H138O6/c1-4-7-10-13-16-19-22-25-27-29-30-31-32-33-34-35-36-37-38-39-40-41-42-43-44-45-47-48-51-54-57-60-63-66-72(75)78-69-70(68-77-71(74)65-62-59-56-53-50-24-21-18-15-12-9-6-3)79-73(76)67-64-61-58-55-52-49-46-28-26-23-20-17-14-11-8-5-2/h18,21,28,46,70H,4-17,19-20,22-27,29-45,47-69H2,1-3H3/b21-18-,46-28-. The van der Waals surface area contributed by atoms with Gasteiger partial charge in [-0.2, -0.15) is 0 Å². The summed E-state index contributed by atoms with van der Waals surface area (Å²) in [5, 5.41) is 0. The van der Waals surface area contributed by atoms with Gasteiger partial charge in [0.05, 0.1) is 0 Å². The summed E-state index contributed by atoms with van der Waals surface area (Å²) in [5.41, 5.74) is 0. The molecule has 0 aromatic rings. The van der Waals surface area contributed by atoms with E-state index in [1.165, 1.54) is 295 Å². The van der Waals surface area contributed by atoms with Gasteiger partial charge in [0.25, 0.3) is 0 Å². The lowest BCUT2D eigenvalue weighted by Gasteiger charge is -2.18. The average Bonchev–Trinajstić information content (AvgIpc) is 3.45. The maximum absolute atomic E-state index is 12.9. The number of ether oxygens (including phenoxy) is 3. The maximum Gasteiger partial charge on any atom is 0.306 e. The van der Waals surface area contributed by atoms with Crippen molar-refractivity contribution in [3.05, 3.63) is 24.3 Å². The molecule has 0 radical (unpaired) electrons. The maximum atomic E-state index is 12.9. The van der Waals surface area contributed by atoms with Crippen LogP contribution in [-0.2, 0) is 28.6 Å². The summed E-state index contributed by atoms with van der Waals surface area (Å²) in [7, 11) is 0. The Morgan fingerprint density at radius 1 is 0.241 bits per heavy atom. The Bertz CT molecular complexity index is 1270. The molecule has 0 aliphatic carbocycles. The lowest BCUT2D eigenvalue weighted by Crippen LogP contribution is -2.30. The van der Waals surface area contributed by atoms with Gasteiger partial charge in [-0.3, -0.25) is 14.4 Å². The number of hydrogen-bond donors (Lipinski definition) is 0. The first-order valence-electron chi connectivity index (χ1n) is 35.8. The highest BCUT2D eigenvalue weighted by Crippen LogP contribution is 2.19. The van der Waals surface area contributed by atoms with Gasteiger partial charge in [0.1, 0.15) is 13.2 Å². The Morgan fingerprint density at radius 3 is 0.658 bits per heavy atom. The fourth-order valence-corrected chi connectivity index (χ4v) is 11.0. The molecule has 0 saturated carbocycles. The van der Waals surface area contributed by atoms with Gasteiger partial charge in [-0.25, -0.2) is 0 Å². The smallest absolute Gasteiger partial charge is 0.306 e. The fraction of sp³-hybridized carbons (Fsp3) is 0.904. The Balaban J connectivity index is 4.06. The van der Waals surface area contributed by atoms with Crippen molar-refractivity contribution in [3.63, 3.8) is 0 Å². The molecule has 466 valence electrons. The van der Waals surface area contributed by atoms with Crippen molar-refractivity contribution >= 4 is 17.9 Å². The molecule has 0 rings (SSSR count). The van der Waals surface area contributed by atoms with E-state index in [2.05, 4.69) is 45.1 Å². The monoisotopic (exact) mass is 1110 g/mol. The molecule has 0 amide bonds. The number of rotatable bonds is 67. The number of hydrogen-bond acceptors (Lipinski definition) is 6. The molecule has 79 heavy (non-hydrogen) atoms. The summed E-state index contributed by atoms with van der Waals surface area (Å²) in [6.45, 7) is 6.67. The van der Waals surface area contributed by atoms with Crippen molar-refractivity contribution in [2.24, 2.45) is 0 Å². The van der Waals surface area contributed by atoms with Crippen LogP contribution in [0.5, 0.6) is 0 Å². The highest BCUT2D eigenvalue weighted by Gasteiger charge is 2.19. The van der Waals surface area contributed by atoms with Crippen molar-refractivity contribution < 1.29 is 28.6 Å². The van der Waals surface area contributed by atoms with Gasteiger partial charge in [-0.1, -0.05) is 340 Å². The van der Waals surface area contributed by atoms with Gasteiger partial charge in [0.15, 0.2) is 6.10 Å². The van der Waals surface area contributed by atoms with Crippen molar-refractivity contribution in [3.8, 4) is 0 Å². The molecule has 6 nitrogen and oxygen atoms in total. The fourth-order valence-electron chi connectivity index (χ4n) is 11.0. The normalized spacial score (nSPS) is 12.1. The van der Waals surface area contributed by atoms with E-state index in [-0.39, 0.29) is 31.1 Å². The van der Waals surface area contributed by atoms with Crippen molar-refractivity contribution in [1.82, 2.24) is 0 Å². The molecule has 1 atom stereocenters. The van der Waals surface area contributed by atoms with Crippen LogP contribution in [0.15, 0.2) is 24.3 Å². The SMILES string of the molecule is CCCCC/C=C\CCCCCCCC(=O)OCC(COC(=O)CCCCCCCCCCCCCCCCCCCCCCCCCCCCCCCCCCC)OC(=O)CCCCCCC/C=C\CCCCCCCCC. The van der Waals surface area contributed by atoms with Gasteiger partial charge in [-0.15, -0.1) is 0 Å². The molecule has 0 fully saturated rings. The molecule has 0 bridgehead atoms. The Labute approximate surface area is 493 Å². The molecule has 0 aromatic heterocycles. The zero-order chi connectivity index (χ0) is 57.1. The predicted octanol–water partition coefficient (Wildman–Crippen LogP) is 24.6. The van der Waals surface area contributed by atoms with Gasteiger partial charge in [0, 0.05) is 19.3 Å². The Kier molecular flexibility index (Phi) is 66.6. The minimum absolute atomic E-state index is 0.0724. The third-order valence-electron chi connectivity index (χ3n) is 16.4. The third kappa shape index (κ3) is 66.6. The molecule has 6 heteroatoms. The first kappa shape index (κ1) is 76.9. The summed E-state index contributed by atoms with van der Waals surface area (Å²) < 4.78 is 16.9. The second-order valence-electron chi connectivity index (χ2n) is 24.5. The van der Waals surface area contributed by atoms with Gasteiger partial charge in [0.2, 0.25) is 0 Å². The summed E-state index contributed by atoms with van der Waals surface area (Å²) in [5.74, 6) is -0.864. The number of allylic oxidation sites excluding steroid dienone is 4. The summed E-state index contributed by atoms with van der Waals surface area (Å²) >= 11 is 0. The molecular weight excluding hydrogens is 973 g/mol. The minimum Gasteiger partial charge on any atom is -0.462 e. The predicted molar refractivity (Wildman–Crippen MR) is 344 cm³/mol. The zero-order valence-corrected chi connectivity index (χ0v) is 53.7. The lowest BCUT2D eigenvalue weighted by molar-refractivity contribution is -0.167. The topological polar surface area (TPSA) is 78.9 Å². The molecule has 0 saturated heterocycles. The van der Waals surface area contributed by atoms with Crippen LogP contribution in [-0.4, -0.2) is 37.2 Å². The Morgan fingerprint density at radius 2 is 0.418 bits per heavy atom. The minimum atomic E-state index is -0.776. The van der Waals surface area contributed by atoms with Crippen LogP contribution in [0.2, 0.25) is 0 Å². The highest BCUT2D eigenvalue weighted by atomic mass is 16.6. The van der Waals surface area contributed by atoms with E-state index in [0.29, 0.717) is 19.3 Å². The van der Waals surface area contributed by atoms with Crippen LogP contribution in [0.4, 0.5) is 0 Å². The van der Waals surface area contributed by atoms with Crippen LogP contribution in [0.1, 0.15) is 406 Å². The number of unbranched alkanes of at least 4 members (excludes halogenated alkanes) is 52. The van der Waals surface area contributed by atoms with E-state index < -0.39 is 6.10 Å². The van der Waals surface area contributed by atoms with E-state index in [9.17, 15) is 14.4 Å². The molecule has 0 heterocycles. The average molecular weight is 1110 g/mol. The van der Waals surface area contributed by atoms with Gasteiger partial charge in [-0.05, 0) is 70.6 Å².